The van der Waals surface area contributed by atoms with E-state index in [-0.39, 0.29) is 30.1 Å². The molecule has 25 heavy (non-hydrogen) atoms. The third kappa shape index (κ3) is 3.28. The molecule has 2 aromatic rings. The molecule has 5 nitrogen and oxygen atoms in total. The lowest BCUT2D eigenvalue weighted by atomic mass is 9.93. The molecule has 3 rings (SSSR count). The first-order valence-electron chi connectivity index (χ1n) is 8.03. The number of benzene rings is 2. The SMILES string of the molecule is Cc1ccc(S(=O)(=O)N2CCC(C#N)C(=O)Cc3ccccc32)cc1. The number of hydrogen-bond donors (Lipinski definition) is 0. The van der Waals surface area contributed by atoms with Gasteiger partial charge in [0, 0.05) is 13.0 Å². The average Bonchev–Trinajstić information content (AvgIpc) is 2.58. The van der Waals surface area contributed by atoms with Gasteiger partial charge in [-0.3, -0.25) is 9.10 Å². The molecule has 0 aliphatic carbocycles. The molecular formula is C19H18N2O3S. The number of nitrogens with zero attached hydrogens (tertiary/aromatic N) is 2. The molecule has 0 amide bonds. The van der Waals surface area contributed by atoms with Crippen molar-refractivity contribution in [2.75, 3.05) is 10.8 Å². The van der Waals surface area contributed by atoms with Crippen molar-refractivity contribution in [3.05, 3.63) is 59.7 Å². The minimum absolute atomic E-state index is 0.0638. The smallest absolute Gasteiger partial charge is 0.264 e. The number of fused-ring (bicyclic) bond motifs is 1. The Kier molecular flexibility index (Phi) is 4.60. The molecule has 1 heterocycles. The van der Waals surface area contributed by atoms with Crippen LogP contribution < -0.4 is 4.31 Å². The van der Waals surface area contributed by atoms with Crippen molar-refractivity contribution >= 4 is 21.5 Å². The van der Waals surface area contributed by atoms with Crippen LogP contribution in [0.3, 0.4) is 0 Å². The first kappa shape index (κ1) is 17.2. The Morgan fingerprint density at radius 3 is 2.48 bits per heavy atom. The van der Waals surface area contributed by atoms with Crippen LogP contribution in [0.5, 0.6) is 0 Å². The van der Waals surface area contributed by atoms with E-state index in [4.69, 9.17) is 0 Å². The van der Waals surface area contributed by atoms with Crippen LogP contribution in [0.1, 0.15) is 17.5 Å². The number of Topliss-reactive ketones (excluding diaryl/α,β-unsaturated/α-hetero) is 1. The fourth-order valence-corrected chi connectivity index (χ4v) is 4.48. The number of para-hydroxylation sites is 1. The van der Waals surface area contributed by atoms with Crippen molar-refractivity contribution in [3.8, 4) is 6.07 Å². The number of aryl methyl sites for hydroxylation is 1. The number of anilines is 1. The van der Waals surface area contributed by atoms with Crippen LogP contribution in [0.2, 0.25) is 0 Å². The highest BCUT2D eigenvalue weighted by molar-refractivity contribution is 7.92. The largest absolute Gasteiger partial charge is 0.298 e. The lowest BCUT2D eigenvalue weighted by Crippen LogP contribution is -2.36. The minimum Gasteiger partial charge on any atom is -0.298 e. The molecule has 1 aliphatic rings. The van der Waals surface area contributed by atoms with Gasteiger partial charge in [0.05, 0.1) is 16.7 Å². The summed E-state index contributed by atoms with van der Waals surface area (Å²) in [5.41, 5.74) is 2.11. The Morgan fingerprint density at radius 2 is 1.80 bits per heavy atom. The van der Waals surface area contributed by atoms with Crippen LogP contribution in [0.4, 0.5) is 5.69 Å². The summed E-state index contributed by atoms with van der Waals surface area (Å²) < 4.78 is 27.6. The molecule has 0 fully saturated rings. The van der Waals surface area contributed by atoms with E-state index in [2.05, 4.69) is 0 Å². The Morgan fingerprint density at radius 1 is 1.12 bits per heavy atom. The lowest BCUT2D eigenvalue weighted by Gasteiger charge is -2.29. The number of nitriles is 1. The Labute approximate surface area is 147 Å². The maximum Gasteiger partial charge on any atom is 0.264 e. The third-order valence-electron chi connectivity index (χ3n) is 4.40. The molecule has 0 saturated heterocycles. The summed E-state index contributed by atoms with van der Waals surface area (Å²) in [7, 11) is -3.77. The summed E-state index contributed by atoms with van der Waals surface area (Å²) in [5, 5.41) is 9.22. The van der Waals surface area contributed by atoms with Crippen molar-refractivity contribution in [3.63, 3.8) is 0 Å². The van der Waals surface area contributed by atoms with Crippen LogP contribution >= 0.6 is 0 Å². The van der Waals surface area contributed by atoms with Gasteiger partial charge in [-0.15, -0.1) is 0 Å². The van der Waals surface area contributed by atoms with E-state index in [0.717, 1.165) is 5.56 Å². The van der Waals surface area contributed by atoms with Crippen molar-refractivity contribution in [2.45, 2.75) is 24.7 Å². The van der Waals surface area contributed by atoms with Gasteiger partial charge >= 0.3 is 0 Å². The highest BCUT2D eigenvalue weighted by Crippen LogP contribution is 2.31. The molecule has 0 spiro atoms. The van der Waals surface area contributed by atoms with Gasteiger partial charge in [-0.1, -0.05) is 35.9 Å². The average molecular weight is 354 g/mol. The van der Waals surface area contributed by atoms with Gasteiger partial charge in [0.15, 0.2) is 5.78 Å². The highest BCUT2D eigenvalue weighted by Gasteiger charge is 2.31. The van der Waals surface area contributed by atoms with E-state index in [9.17, 15) is 18.5 Å². The summed E-state index contributed by atoms with van der Waals surface area (Å²) in [6.07, 6.45) is 0.253. The summed E-state index contributed by atoms with van der Waals surface area (Å²) in [6.45, 7) is 1.99. The molecule has 0 saturated carbocycles. The first-order valence-corrected chi connectivity index (χ1v) is 9.47. The molecule has 0 radical (unpaired) electrons. The Balaban J connectivity index is 2.11. The van der Waals surface area contributed by atoms with Gasteiger partial charge in [0.25, 0.3) is 10.0 Å². The van der Waals surface area contributed by atoms with E-state index in [0.29, 0.717) is 11.3 Å². The van der Waals surface area contributed by atoms with Gasteiger partial charge in [0.2, 0.25) is 0 Å². The second-order valence-electron chi connectivity index (χ2n) is 6.13. The number of carbonyl (C=O) groups is 1. The van der Waals surface area contributed by atoms with E-state index in [1.807, 2.05) is 13.0 Å². The standard InChI is InChI=1S/C19H18N2O3S/c1-14-6-8-17(9-7-14)25(23,24)21-11-10-16(13-20)19(22)12-15-4-2-3-5-18(15)21/h2-9,16H,10-12H2,1H3. The molecule has 1 atom stereocenters. The minimum atomic E-state index is -3.77. The summed E-state index contributed by atoms with van der Waals surface area (Å²) in [4.78, 5) is 12.4. The quantitative estimate of drug-likeness (QED) is 0.831. The molecule has 0 aromatic heterocycles. The molecule has 6 heteroatoms. The van der Waals surface area contributed by atoms with E-state index < -0.39 is 15.9 Å². The molecule has 1 unspecified atom stereocenters. The molecule has 0 N–H and O–H groups in total. The van der Waals surface area contributed by atoms with Crippen molar-refractivity contribution < 1.29 is 13.2 Å². The number of rotatable bonds is 2. The topological polar surface area (TPSA) is 78.2 Å². The maximum atomic E-state index is 13.2. The molecular weight excluding hydrogens is 336 g/mol. The predicted molar refractivity (Wildman–Crippen MR) is 94.6 cm³/mol. The maximum absolute atomic E-state index is 13.2. The molecule has 2 aromatic carbocycles. The fraction of sp³-hybridized carbons (Fsp3) is 0.263. The molecule has 1 aliphatic heterocycles. The Bertz CT molecular complexity index is 943. The van der Waals surface area contributed by atoms with Crippen LogP contribution in [0.25, 0.3) is 0 Å². The number of hydrogen-bond acceptors (Lipinski definition) is 4. The predicted octanol–water partition coefficient (Wildman–Crippen LogP) is 2.85. The Hall–Kier alpha value is -2.65. The number of ketones is 1. The van der Waals surface area contributed by atoms with E-state index in [1.165, 1.54) is 4.31 Å². The highest BCUT2D eigenvalue weighted by atomic mass is 32.2. The summed E-state index contributed by atoms with van der Waals surface area (Å²) >= 11 is 0. The lowest BCUT2D eigenvalue weighted by molar-refractivity contribution is -0.120. The van der Waals surface area contributed by atoms with E-state index >= 15 is 0 Å². The van der Waals surface area contributed by atoms with Crippen LogP contribution in [0.15, 0.2) is 53.4 Å². The summed E-state index contributed by atoms with van der Waals surface area (Å²) in [6, 6.07) is 15.6. The van der Waals surface area contributed by atoms with Crippen LogP contribution in [0, 0.1) is 24.2 Å². The zero-order chi connectivity index (χ0) is 18.0. The van der Waals surface area contributed by atoms with Crippen molar-refractivity contribution in [1.29, 1.82) is 5.26 Å². The second-order valence-corrected chi connectivity index (χ2v) is 7.99. The monoisotopic (exact) mass is 354 g/mol. The molecule has 0 bridgehead atoms. The zero-order valence-corrected chi connectivity index (χ0v) is 14.7. The van der Waals surface area contributed by atoms with Crippen LogP contribution in [-0.4, -0.2) is 20.7 Å². The third-order valence-corrected chi connectivity index (χ3v) is 6.23. The zero-order valence-electron chi connectivity index (χ0n) is 13.8. The first-order chi connectivity index (χ1) is 11.9. The van der Waals surface area contributed by atoms with Gasteiger partial charge < -0.3 is 0 Å². The van der Waals surface area contributed by atoms with Gasteiger partial charge in [-0.25, -0.2) is 8.42 Å². The van der Waals surface area contributed by atoms with E-state index in [1.54, 1.807) is 48.5 Å². The van der Waals surface area contributed by atoms with Gasteiger partial charge in [-0.2, -0.15) is 5.26 Å². The fourth-order valence-electron chi connectivity index (χ4n) is 2.97. The second kappa shape index (κ2) is 6.69. The number of carbonyl (C=O) groups excluding carboxylic acids is 1. The van der Waals surface area contributed by atoms with Crippen molar-refractivity contribution in [2.24, 2.45) is 5.92 Å². The summed E-state index contributed by atoms with van der Waals surface area (Å²) in [5.74, 6) is -0.952. The normalized spacial score (nSPS) is 18.0. The molecule has 128 valence electrons. The van der Waals surface area contributed by atoms with Gasteiger partial charge in [0.1, 0.15) is 5.92 Å². The number of sulfonamides is 1. The van der Waals surface area contributed by atoms with Crippen molar-refractivity contribution in [1.82, 2.24) is 0 Å². The van der Waals surface area contributed by atoms with Gasteiger partial charge in [-0.05, 0) is 37.1 Å². The van der Waals surface area contributed by atoms with Crippen LogP contribution in [-0.2, 0) is 21.2 Å².